The molecule has 21 heavy (non-hydrogen) atoms. The second-order valence-electron chi connectivity index (χ2n) is 6.06. The standard InChI is InChI=1S/C14H20N2O5/c1-8-5-16(13(19)15-12(8)18)11-4-10-3-9(2)20-7-14(10,6-17)21-11/h5,9-11,17H,3-4,6-7H2,1-2H3,(H,15,18,19). The number of aromatic amines is 1. The highest BCUT2D eigenvalue weighted by molar-refractivity contribution is 5.04. The van der Waals surface area contributed by atoms with Crippen molar-refractivity contribution in [1.29, 1.82) is 0 Å². The summed E-state index contributed by atoms with van der Waals surface area (Å²) in [5, 5.41) is 9.72. The molecule has 0 saturated carbocycles. The van der Waals surface area contributed by atoms with Crippen molar-refractivity contribution in [3.63, 3.8) is 0 Å². The number of H-pyrrole nitrogens is 1. The first-order valence-corrected chi connectivity index (χ1v) is 7.17. The molecule has 3 heterocycles. The summed E-state index contributed by atoms with van der Waals surface area (Å²) in [4.78, 5) is 25.7. The average Bonchev–Trinajstić information content (AvgIpc) is 2.82. The minimum atomic E-state index is -0.749. The van der Waals surface area contributed by atoms with Crippen molar-refractivity contribution in [2.75, 3.05) is 13.2 Å². The zero-order chi connectivity index (χ0) is 15.2. The van der Waals surface area contributed by atoms with Crippen LogP contribution in [0.15, 0.2) is 15.8 Å². The molecule has 7 nitrogen and oxygen atoms in total. The summed E-state index contributed by atoms with van der Waals surface area (Å²) in [5.41, 5.74) is -1.17. The lowest BCUT2D eigenvalue weighted by Gasteiger charge is -2.39. The van der Waals surface area contributed by atoms with Gasteiger partial charge in [-0.25, -0.2) is 4.79 Å². The highest BCUT2D eigenvalue weighted by Crippen LogP contribution is 2.46. The van der Waals surface area contributed by atoms with Crippen LogP contribution in [0.1, 0.15) is 31.6 Å². The summed E-state index contributed by atoms with van der Waals surface area (Å²) < 4.78 is 13.0. The minimum absolute atomic E-state index is 0.117. The Morgan fingerprint density at radius 2 is 2.24 bits per heavy atom. The fourth-order valence-corrected chi connectivity index (χ4v) is 3.27. The molecular formula is C14H20N2O5. The minimum Gasteiger partial charge on any atom is -0.393 e. The molecule has 2 fully saturated rings. The monoisotopic (exact) mass is 296 g/mol. The van der Waals surface area contributed by atoms with Crippen LogP contribution in [0.5, 0.6) is 0 Å². The van der Waals surface area contributed by atoms with Gasteiger partial charge in [-0.1, -0.05) is 0 Å². The Balaban J connectivity index is 1.94. The maximum Gasteiger partial charge on any atom is 0.330 e. The quantitative estimate of drug-likeness (QED) is 0.796. The number of aliphatic hydroxyl groups excluding tert-OH is 1. The number of aliphatic hydroxyl groups is 1. The molecule has 0 aromatic carbocycles. The third-order valence-corrected chi connectivity index (χ3v) is 4.55. The van der Waals surface area contributed by atoms with Crippen LogP contribution in [0.3, 0.4) is 0 Å². The Hall–Kier alpha value is -1.44. The van der Waals surface area contributed by atoms with E-state index in [4.69, 9.17) is 9.47 Å². The summed E-state index contributed by atoms with van der Waals surface area (Å²) in [5.74, 6) is 0.135. The lowest BCUT2D eigenvalue weighted by molar-refractivity contribution is -0.182. The van der Waals surface area contributed by atoms with Crippen LogP contribution in [-0.4, -0.2) is 39.6 Å². The van der Waals surface area contributed by atoms with Crippen LogP contribution in [-0.2, 0) is 9.47 Å². The van der Waals surface area contributed by atoms with Gasteiger partial charge in [-0.15, -0.1) is 0 Å². The van der Waals surface area contributed by atoms with Gasteiger partial charge in [0.2, 0.25) is 0 Å². The highest BCUT2D eigenvalue weighted by Gasteiger charge is 2.52. The molecule has 0 radical (unpaired) electrons. The van der Waals surface area contributed by atoms with Gasteiger partial charge in [-0.2, -0.15) is 0 Å². The van der Waals surface area contributed by atoms with Gasteiger partial charge >= 0.3 is 5.69 Å². The molecule has 2 aliphatic rings. The number of ether oxygens (including phenoxy) is 2. The summed E-state index contributed by atoms with van der Waals surface area (Å²) in [6.07, 6.45) is 2.55. The zero-order valence-corrected chi connectivity index (χ0v) is 12.2. The van der Waals surface area contributed by atoms with Crippen LogP contribution >= 0.6 is 0 Å². The lowest BCUT2D eigenvalue weighted by Crippen LogP contribution is -2.49. The number of fused-ring (bicyclic) bond motifs is 1. The predicted octanol–water partition coefficient (Wildman–Crippen LogP) is -0.0800. The van der Waals surface area contributed by atoms with Crippen molar-refractivity contribution >= 4 is 0 Å². The molecule has 4 unspecified atom stereocenters. The number of hydrogen-bond acceptors (Lipinski definition) is 5. The third kappa shape index (κ3) is 2.35. The molecule has 0 amide bonds. The molecule has 2 aliphatic heterocycles. The molecule has 1 aromatic rings. The van der Waals surface area contributed by atoms with Gasteiger partial charge in [0.15, 0.2) is 0 Å². The van der Waals surface area contributed by atoms with Crippen molar-refractivity contribution in [1.82, 2.24) is 9.55 Å². The number of nitrogens with zero attached hydrogens (tertiary/aromatic N) is 1. The van der Waals surface area contributed by atoms with E-state index < -0.39 is 17.5 Å². The van der Waals surface area contributed by atoms with Crippen molar-refractivity contribution in [2.24, 2.45) is 5.92 Å². The number of hydrogen-bond donors (Lipinski definition) is 2. The van der Waals surface area contributed by atoms with Crippen LogP contribution in [0.25, 0.3) is 0 Å². The van der Waals surface area contributed by atoms with Crippen molar-refractivity contribution < 1.29 is 14.6 Å². The third-order valence-electron chi connectivity index (χ3n) is 4.55. The van der Waals surface area contributed by atoms with Gasteiger partial charge in [-0.05, 0) is 32.6 Å². The normalized spacial score (nSPS) is 35.7. The second-order valence-corrected chi connectivity index (χ2v) is 6.06. The molecule has 116 valence electrons. The van der Waals surface area contributed by atoms with Gasteiger partial charge in [0.1, 0.15) is 11.8 Å². The smallest absolute Gasteiger partial charge is 0.330 e. The highest BCUT2D eigenvalue weighted by atomic mass is 16.6. The van der Waals surface area contributed by atoms with E-state index in [9.17, 15) is 14.7 Å². The Morgan fingerprint density at radius 1 is 1.48 bits per heavy atom. The van der Waals surface area contributed by atoms with E-state index in [1.807, 2.05) is 6.92 Å². The summed E-state index contributed by atoms with van der Waals surface area (Å²) >= 11 is 0. The molecular weight excluding hydrogens is 276 g/mol. The van der Waals surface area contributed by atoms with E-state index in [1.165, 1.54) is 10.8 Å². The van der Waals surface area contributed by atoms with E-state index in [2.05, 4.69) is 4.98 Å². The molecule has 1 aromatic heterocycles. The molecule has 3 rings (SSSR count). The van der Waals surface area contributed by atoms with Gasteiger partial charge < -0.3 is 14.6 Å². The molecule has 2 saturated heterocycles. The molecule has 0 bridgehead atoms. The van der Waals surface area contributed by atoms with Gasteiger partial charge in [0, 0.05) is 11.8 Å². The average molecular weight is 296 g/mol. The van der Waals surface area contributed by atoms with E-state index in [0.717, 1.165) is 6.42 Å². The Kier molecular flexibility index (Phi) is 3.51. The predicted molar refractivity (Wildman–Crippen MR) is 74.1 cm³/mol. The topological polar surface area (TPSA) is 93.6 Å². The lowest BCUT2D eigenvalue weighted by atomic mass is 9.82. The van der Waals surface area contributed by atoms with Gasteiger partial charge in [0.05, 0.1) is 19.3 Å². The van der Waals surface area contributed by atoms with Crippen molar-refractivity contribution in [3.8, 4) is 0 Å². The maximum absolute atomic E-state index is 12.0. The molecule has 2 N–H and O–H groups in total. The number of aromatic nitrogens is 2. The fraction of sp³-hybridized carbons (Fsp3) is 0.714. The first-order chi connectivity index (χ1) is 9.95. The van der Waals surface area contributed by atoms with E-state index in [0.29, 0.717) is 18.6 Å². The molecule has 4 atom stereocenters. The number of aryl methyl sites for hydroxylation is 1. The Morgan fingerprint density at radius 3 is 2.95 bits per heavy atom. The Labute approximate surface area is 121 Å². The first kappa shape index (κ1) is 14.5. The molecule has 0 aliphatic carbocycles. The van der Waals surface area contributed by atoms with Crippen LogP contribution in [0.4, 0.5) is 0 Å². The van der Waals surface area contributed by atoms with Gasteiger partial charge in [0.25, 0.3) is 5.56 Å². The fourth-order valence-electron chi connectivity index (χ4n) is 3.27. The van der Waals surface area contributed by atoms with Crippen LogP contribution < -0.4 is 11.2 Å². The SMILES string of the molecule is Cc1cn(C2CC3CC(C)OCC3(CO)O2)c(=O)[nH]c1=O. The molecule has 0 spiro atoms. The summed E-state index contributed by atoms with van der Waals surface area (Å²) in [6, 6.07) is 0. The van der Waals surface area contributed by atoms with E-state index >= 15 is 0 Å². The summed E-state index contributed by atoms with van der Waals surface area (Å²) in [7, 11) is 0. The van der Waals surface area contributed by atoms with Crippen LogP contribution in [0.2, 0.25) is 0 Å². The zero-order valence-electron chi connectivity index (χ0n) is 12.2. The summed E-state index contributed by atoms with van der Waals surface area (Å²) in [6.45, 7) is 3.82. The van der Waals surface area contributed by atoms with E-state index in [-0.39, 0.29) is 24.2 Å². The van der Waals surface area contributed by atoms with E-state index in [1.54, 1.807) is 6.92 Å². The maximum atomic E-state index is 12.0. The van der Waals surface area contributed by atoms with Crippen molar-refractivity contribution in [2.45, 2.75) is 44.6 Å². The van der Waals surface area contributed by atoms with Gasteiger partial charge in [-0.3, -0.25) is 14.3 Å². The second kappa shape index (κ2) is 5.08. The van der Waals surface area contributed by atoms with Crippen molar-refractivity contribution in [3.05, 3.63) is 32.6 Å². The molecule has 7 heteroatoms. The van der Waals surface area contributed by atoms with Crippen LogP contribution in [0, 0.1) is 12.8 Å². The number of nitrogens with one attached hydrogen (secondary N) is 1. The first-order valence-electron chi connectivity index (χ1n) is 7.17. The largest absolute Gasteiger partial charge is 0.393 e. The number of rotatable bonds is 2. The Bertz CT molecular complexity index is 651.